The van der Waals surface area contributed by atoms with Crippen molar-refractivity contribution in [2.24, 2.45) is 0 Å². The van der Waals surface area contributed by atoms with Crippen LogP contribution in [0.5, 0.6) is 5.75 Å². The fraction of sp³-hybridized carbons (Fsp3) is 0.296. The topological polar surface area (TPSA) is 64.6 Å². The number of hydrogen-bond donors (Lipinski definition) is 3. The largest absolute Gasteiger partial charge is 0.507 e. The molecular weight excluding hydrogens is 434 g/mol. The van der Waals surface area contributed by atoms with Crippen molar-refractivity contribution >= 4 is 28.9 Å². The zero-order valence-corrected chi connectivity index (χ0v) is 20.0. The Morgan fingerprint density at radius 2 is 1.45 bits per heavy atom. The number of aromatic hydroxyl groups is 1. The summed E-state index contributed by atoms with van der Waals surface area (Å²) < 4.78 is 0. The van der Waals surface area contributed by atoms with Gasteiger partial charge in [-0.2, -0.15) is 0 Å². The van der Waals surface area contributed by atoms with Gasteiger partial charge in [-0.1, -0.05) is 43.6 Å². The summed E-state index contributed by atoms with van der Waals surface area (Å²) >= 11 is 5.92. The van der Waals surface area contributed by atoms with E-state index >= 15 is 0 Å². The van der Waals surface area contributed by atoms with Crippen molar-refractivity contribution < 1.29 is 9.90 Å². The van der Waals surface area contributed by atoms with Gasteiger partial charge in [-0.05, 0) is 74.5 Å². The van der Waals surface area contributed by atoms with Crippen molar-refractivity contribution in [1.82, 2.24) is 10.2 Å². The maximum absolute atomic E-state index is 12.6. The highest BCUT2D eigenvalue weighted by molar-refractivity contribution is 6.30. The molecule has 3 N–H and O–H groups in total. The Morgan fingerprint density at radius 3 is 2.06 bits per heavy atom. The summed E-state index contributed by atoms with van der Waals surface area (Å²) in [5.74, 6) is 0.0777. The van der Waals surface area contributed by atoms with Gasteiger partial charge in [-0.15, -0.1) is 0 Å². The standard InChI is InChI=1S/C27H32ClN3O2/c1-3-16-31(17-4-2)19-22-7-5-6-21(26(22)32)18-29-27(33)20-8-12-24(13-9-20)30-25-14-10-23(28)11-15-25/h5-15,30,32H,3-4,16-19H2,1-2H3,(H,29,33). The monoisotopic (exact) mass is 465 g/mol. The number of hydrogen-bond acceptors (Lipinski definition) is 4. The summed E-state index contributed by atoms with van der Waals surface area (Å²) in [7, 11) is 0. The lowest BCUT2D eigenvalue weighted by Gasteiger charge is -2.22. The van der Waals surface area contributed by atoms with E-state index in [1.54, 1.807) is 12.1 Å². The van der Waals surface area contributed by atoms with Crippen molar-refractivity contribution in [3.63, 3.8) is 0 Å². The van der Waals surface area contributed by atoms with Gasteiger partial charge in [0, 0.05) is 46.2 Å². The molecule has 0 aliphatic carbocycles. The van der Waals surface area contributed by atoms with Gasteiger partial charge >= 0.3 is 0 Å². The van der Waals surface area contributed by atoms with Gasteiger partial charge in [0.2, 0.25) is 0 Å². The molecule has 0 atom stereocenters. The van der Waals surface area contributed by atoms with Crippen LogP contribution in [0.15, 0.2) is 66.7 Å². The molecule has 0 saturated carbocycles. The van der Waals surface area contributed by atoms with Gasteiger partial charge in [-0.25, -0.2) is 0 Å². The molecule has 1 amide bonds. The predicted octanol–water partition coefficient (Wildman–Crippen LogP) is 6.34. The van der Waals surface area contributed by atoms with Crippen LogP contribution in [0.4, 0.5) is 11.4 Å². The Morgan fingerprint density at radius 1 is 0.879 bits per heavy atom. The molecule has 3 aromatic rings. The van der Waals surface area contributed by atoms with E-state index in [1.807, 2.05) is 54.6 Å². The lowest BCUT2D eigenvalue weighted by Crippen LogP contribution is -2.25. The molecule has 3 rings (SSSR count). The van der Waals surface area contributed by atoms with Gasteiger partial charge in [0.15, 0.2) is 0 Å². The first-order valence-corrected chi connectivity index (χ1v) is 11.8. The first-order chi connectivity index (χ1) is 16.0. The number of carbonyl (C=O) groups excluding carboxylic acids is 1. The highest BCUT2D eigenvalue weighted by atomic mass is 35.5. The molecule has 0 saturated heterocycles. The van der Waals surface area contributed by atoms with Gasteiger partial charge in [0.1, 0.15) is 5.75 Å². The van der Waals surface area contributed by atoms with Crippen molar-refractivity contribution in [2.75, 3.05) is 18.4 Å². The van der Waals surface area contributed by atoms with Crippen LogP contribution in [0.2, 0.25) is 5.02 Å². The van der Waals surface area contributed by atoms with Gasteiger partial charge < -0.3 is 15.7 Å². The molecule has 3 aromatic carbocycles. The molecule has 6 heteroatoms. The number of nitrogens with zero attached hydrogens (tertiary/aromatic N) is 1. The van der Waals surface area contributed by atoms with E-state index in [-0.39, 0.29) is 18.2 Å². The minimum absolute atomic E-state index is 0.184. The Balaban J connectivity index is 1.59. The van der Waals surface area contributed by atoms with Gasteiger partial charge in [0.25, 0.3) is 5.91 Å². The van der Waals surface area contributed by atoms with Crippen LogP contribution in [-0.2, 0) is 13.1 Å². The number of para-hydroxylation sites is 1. The molecule has 0 bridgehead atoms. The normalized spacial score (nSPS) is 10.9. The number of nitrogens with one attached hydrogen (secondary N) is 2. The quantitative estimate of drug-likeness (QED) is 0.309. The Hall–Kier alpha value is -3.02. The summed E-state index contributed by atoms with van der Waals surface area (Å²) in [6.45, 7) is 7.29. The molecule has 0 heterocycles. The maximum atomic E-state index is 12.6. The predicted molar refractivity (Wildman–Crippen MR) is 136 cm³/mol. The second-order valence-electron chi connectivity index (χ2n) is 8.09. The summed E-state index contributed by atoms with van der Waals surface area (Å²) in [5.41, 5.74) is 3.96. The average Bonchev–Trinajstić information content (AvgIpc) is 2.82. The van der Waals surface area contributed by atoms with E-state index in [0.717, 1.165) is 48.4 Å². The van der Waals surface area contributed by atoms with E-state index in [1.165, 1.54) is 0 Å². The van der Waals surface area contributed by atoms with Crippen LogP contribution < -0.4 is 10.6 Å². The van der Waals surface area contributed by atoms with E-state index in [0.29, 0.717) is 17.1 Å². The van der Waals surface area contributed by atoms with Crippen LogP contribution in [0.1, 0.15) is 48.2 Å². The molecule has 5 nitrogen and oxygen atoms in total. The third-order valence-corrected chi connectivity index (χ3v) is 5.65. The van der Waals surface area contributed by atoms with Crippen LogP contribution in [-0.4, -0.2) is 29.0 Å². The Labute approximate surface area is 201 Å². The van der Waals surface area contributed by atoms with E-state index < -0.39 is 0 Å². The Kier molecular flexibility index (Phi) is 9.16. The fourth-order valence-electron chi connectivity index (χ4n) is 3.74. The highest BCUT2D eigenvalue weighted by Gasteiger charge is 2.12. The first-order valence-electron chi connectivity index (χ1n) is 11.4. The van der Waals surface area contributed by atoms with Crippen LogP contribution >= 0.6 is 11.6 Å². The number of phenolic OH excluding ortho intramolecular Hbond substituents is 1. The molecular formula is C27H32ClN3O2. The summed E-state index contributed by atoms with van der Waals surface area (Å²) in [5, 5.41) is 17.6. The highest BCUT2D eigenvalue weighted by Crippen LogP contribution is 2.24. The summed E-state index contributed by atoms with van der Waals surface area (Å²) in [6, 6.07) is 20.4. The smallest absolute Gasteiger partial charge is 0.251 e. The van der Waals surface area contributed by atoms with E-state index in [9.17, 15) is 9.90 Å². The minimum Gasteiger partial charge on any atom is -0.507 e. The molecule has 0 aromatic heterocycles. The van der Waals surface area contributed by atoms with Gasteiger partial charge in [0.05, 0.1) is 0 Å². The van der Waals surface area contributed by atoms with E-state index in [4.69, 9.17) is 11.6 Å². The lowest BCUT2D eigenvalue weighted by atomic mass is 10.1. The molecule has 0 aliphatic heterocycles. The lowest BCUT2D eigenvalue weighted by molar-refractivity contribution is 0.0950. The second kappa shape index (κ2) is 12.3. The second-order valence-corrected chi connectivity index (χ2v) is 8.53. The minimum atomic E-state index is -0.184. The SMILES string of the molecule is CCCN(CCC)Cc1cccc(CNC(=O)c2ccc(Nc3ccc(Cl)cc3)cc2)c1O. The number of halogens is 1. The molecule has 174 valence electrons. The van der Waals surface area contributed by atoms with Crippen LogP contribution in [0.25, 0.3) is 0 Å². The first kappa shape index (κ1) is 24.6. The van der Waals surface area contributed by atoms with Crippen LogP contribution in [0, 0.1) is 0 Å². The number of rotatable bonds is 11. The fourth-order valence-corrected chi connectivity index (χ4v) is 3.87. The number of benzene rings is 3. The van der Waals surface area contributed by atoms with Crippen molar-refractivity contribution in [3.8, 4) is 5.75 Å². The number of anilines is 2. The van der Waals surface area contributed by atoms with Crippen molar-refractivity contribution in [1.29, 1.82) is 0 Å². The van der Waals surface area contributed by atoms with Gasteiger partial charge in [-0.3, -0.25) is 9.69 Å². The Bertz CT molecular complexity index is 1030. The zero-order valence-electron chi connectivity index (χ0n) is 19.3. The third-order valence-electron chi connectivity index (χ3n) is 5.40. The average molecular weight is 466 g/mol. The molecule has 0 unspecified atom stereocenters. The molecule has 0 fully saturated rings. The maximum Gasteiger partial charge on any atom is 0.251 e. The third kappa shape index (κ3) is 7.24. The molecule has 0 spiro atoms. The number of phenols is 1. The zero-order chi connectivity index (χ0) is 23.6. The number of amides is 1. The van der Waals surface area contributed by atoms with Crippen molar-refractivity contribution in [3.05, 3.63) is 88.4 Å². The summed E-state index contributed by atoms with van der Waals surface area (Å²) in [4.78, 5) is 15.0. The molecule has 0 radical (unpaired) electrons. The summed E-state index contributed by atoms with van der Waals surface area (Å²) in [6.07, 6.45) is 2.15. The number of carbonyl (C=O) groups is 1. The molecule has 0 aliphatic rings. The van der Waals surface area contributed by atoms with E-state index in [2.05, 4.69) is 29.4 Å². The van der Waals surface area contributed by atoms with Crippen LogP contribution in [0.3, 0.4) is 0 Å². The molecule has 33 heavy (non-hydrogen) atoms. The van der Waals surface area contributed by atoms with Crippen molar-refractivity contribution in [2.45, 2.75) is 39.8 Å².